The van der Waals surface area contributed by atoms with Crippen molar-refractivity contribution in [2.75, 3.05) is 5.32 Å². The fourth-order valence-corrected chi connectivity index (χ4v) is 3.72. The minimum Gasteiger partial charge on any atom is -0.424 e. The van der Waals surface area contributed by atoms with Gasteiger partial charge in [-0.15, -0.1) is 0 Å². The third-order valence-corrected chi connectivity index (χ3v) is 5.39. The van der Waals surface area contributed by atoms with E-state index < -0.39 is 0 Å². The molecule has 3 rings (SSSR count). The number of carbonyl (C=O) groups excluding carboxylic acids is 1. The molecule has 1 N–H and O–H groups in total. The van der Waals surface area contributed by atoms with E-state index in [1.807, 2.05) is 25.1 Å². The van der Waals surface area contributed by atoms with Gasteiger partial charge < -0.3 is 10.1 Å². The highest BCUT2D eigenvalue weighted by Gasteiger charge is 2.26. The number of nitrogens with zero attached hydrogens (tertiary/aromatic N) is 2. The van der Waals surface area contributed by atoms with Crippen LogP contribution in [0.5, 0.6) is 11.8 Å². The van der Waals surface area contributed by atoms with Crippen molar-refractivity contribution in [2.45, 2.75) is 58.8 Å². The van der Waals surface area contributed by atoms with Crippen LogP contribution in [0.4, 0.5) is 5.69 Å². The summed E-state index contributed by atoms with van der Waals surface area (Å²) in [5.74, 6) is 1.75. The molecule has 1 aliphatic rings. The van der Waals surface area contributed by atoms with Crippen LogP contribution < -0.4 is 10.1 Å². The van der Waals surface area contributed by atoms with E-state index in [1.165, 1.54) is 32.1 Å². The van der Waals surface area contributed by atoms with Crippen molar-refractivity contribution in [3.8, 4) is 11.8 Å². The molecule has 0 aliphatic heterocycles. The molecule has 1 amide bonds. The van der Waals surface area contributed by atoms with Gasteiger partial charge in [0.2, 0.25) is 5.91 Å². The molecule has 0 saturated heterocycles. The van der Waals surface area contributed by atoms with Crippen LogP contribution in [0.15, 0.2) is 36.7 Å². The molecule has 0 bridgehead atoms. The van der Waals surface area contributed by atoms with E-state index in [0.717, 1.165) is 30.0 Å². The first-order chi connectivity index (χ1) is 13.2. The summed E-state index contributed by atoms with van der Waals surface area (Å²) in [6.07, 6.45) is 11.5. The molecule has 1 aliphatic carbocycles. The van der Waals surface area contributed by atoms with Gasteiger partial charge in [0, 0.05) is 24.0 Å². The molecule has 5 heteroatoms. The number of benzene rings is 1. The minimum absolute atomic E-state index is 0.135. The Bertz CT molecular complexity index is 740. The Balaban J connectivity index is 1.54. The number of unbranched alkanes of at least 4 members (excludes halogenated alkanes) is 1. The lowest BCUT2D eigenvalue weighted by molar-refractivity contribution is -0.121. The highest BCUT2D eigenvalue weighted by Crippen LogP contribution is 2.33. The molecule has 1 aromatic carbocycles. The van der Waals surface area contributed by atoms with Gasteiger partial charge in [0.05, 0.1) is 0 Å². The summed E-state index contributed by atoms with van der Waals surface area (Å²) in [4.78, 5) is 20.8. The van der Waals surface area contributed by atoms with Crippen LogP contribution in [-0.2, 0) is 4.79 Å². The zero-order valence-corrected chi connectivity index (χ0v) is 16.3. The average Bonchev–Trinajstić information content (AvgIpc) is 2.69. The second kappa shape index (κ2) is 9.49. The number of anilines is 1. The summed E-state index contributed by atoms with van der Waals surface area (Å²) in [7, 11) is 0. The SMILES string of the molecule is CCCCC1CCC(C(=O)Nc2ccc(Oc3ncccn3)cc2C)CC1. The summed E-state index contributed by atoms with van der Waals surface area (Å²) in [5.41, 5.74) is 1.81. The lowest BCUT2D eigenvalue weighted by Gasteiger charge is -2.28. The molecule has 0 spiro atoms. The standard InChI is InChI=1S/C22H29N3O2/c1-3-4-6-17-7-9-18(10-8-17)21(26)25-20-12-11-19(15-16(20)2)27-22-23-13-5-14-24-22/h5,11-15,17-18H,3-4,6-10H2,1-2H3,(H,25,26). The molecule has 27 heavy (non-hydrogen) atoms. The molecular formula is C22H29N3O2. The van der Waals surface area contributed by atoms with Crippen LogP contribution >= 0.6 is 0 Å². The monoisotopic (exact) mass is 367 g/mol. The zero-order valence-electron chi connectivity index (χ0n) is 16.3. The summed E-state index contributed by atoms with van der Waals surface area (Å²) >= 11 is 0. The van der Waals surface area contributed by atoms with E-state index >= 15 is 0 Å². The van der Waals surface area contributed by atoms with E-state index in [9.17, 15) is 4.79 Å². The lowest BCUT2D eigenvalue weighted by atomic mass is 9.79. The zero-order chi connectivity index (χ0) is 19.1. The maximum absolute atomic E-state index is 12.7. The van der Waals surface area contributed by atoms with E-state index in [4.69, 9.17) is 4.74 Å². The van der Waals surface area contributed by atoms with Gasteiger partial charge in [-0.2, -0.15) is 0 Å². The second-order valence-corrected chi connectivity index (χ2v) is 7.46. The fourth-order valence-electron chi connectivity index (χ4n) is 3.72. The van der Waals surface area contributed by atoms with Crippen molar-refractivity contribution in [2.24, 2.45) is 11.8 Å². The molecule has 5 nitrogen and oxygen atoms in total. The maximum atomic E-state index is 12.7. The Hall–Kier alpha value is -2.43. The number of rotatable bonds is 7. The third-order valence-electron chi connectivity index (χ3n) is 5.39. The fraction of sp³-hybridized carbons (Fsp3) is 0.500. The van der Waals surface area contributed by atoms with Gasteiger partial charge in [-0.3, -0.25) is 4.79 Å². The number of hydrogen-bond donors (Lipinski definition) is 1. The molecule has 0 unspecified atom stereocenters. The molecule has 1 fully saturated rings. The molecule has 0 radical (unpaired) electrons. The van der Waals surface area contributed by atoms with Crippen molar-refractivity contribution in [3.63, 3.8) is 0 Å². The van der Waals surface area contributed by atoms with Gasteiger partial charge in [-0.25, -0.2) is 9.97 Å². The maximum Gasteiger partial charge on any atom is 0.321 e. The summed E-state index contributed by atoms with van der Waals surface area (Å²) < 4.78 is 5.64. The lowest BCUT2D eigenvalue weighted by Crippen LogP contribution is -2.27. The predicted octanol–water partition coefficient (Wildman–Crippen LogP) is 5.51. The van der Waals surface area contributed by atoms with Crippen LogP contribution in [0, 0.1) is 18.8 Å². The van der Waals surface area contributed by atoms with Crippen LogP contribution in [0.2, 0.25) is 0 Å². The Morgan fingerprint density at radius 2 is 1.93 bits per heavy atom. The van der Waals surface area contributed by atoms with Gasteiger partial charge in [0.25, 0.3) is 0 Å². The minimum atomic E-state index is 0.135. The van der Waals surface area contributed by atoms with Crippen molar-refractivity contribution in [1.29, 1.82) is 0 Å². The van der Waals surface area contributed by atoms with E-state index in [-0.39, 0.29) is 11.8 Å². The number of hydrogen-bond acceptors (Lipinski definition) is 4. The molecule has 1 saturated carbocycles. The Morgan fingerprint density at radius 1 is 1.19 bits per heavy atom. The van der Waals surface area contributed by atoms with Crippen LogP contribution in [0.1, 0.15) is 57.4 Å². The largest absolute Gasteiger partial charge is 0.424 e. The molecule has 1 aromatic heterocycles. The van der Waals surface area contributed by atoms with E-state index in [0.29, 0.717) is 11.8 Å². The van der Waals surface area contributed by atoms with Crippen LogP contribution in [0.25, 0.3) is 0 Å². The average molecular weight is 367 g/mol. The second-order valence-electron chi connectivity index (χ2n) is 7.46. The van der Waals surface area contributed by atoms with Crippen molar-refractivity contribution in [3.05, 3.63) is 42.2 Å². The summed E-state index contributed by atoms with van der Waals surface area (Å²) in [6, 6.07) is 7.68. The Labute approximate surface area is 161 Å². The topological polar surface area (TPSA) is 64.1 Å². The van der Waals surface area contributed by atoms with Gasteiger partial charge in [-0.05, 0) is 68.4 Å². The first-order valence-corrected chi connectivity index (χ1v) is 10.0. The van der Waals surface area contributed by atoms with Crippen molar-refractivity contribution < 1.29 is 9.53 Å². The number of aryl methyl sites for hydroxylation is 1. The number of aromatic nitrogens is 2. The number of carbonyl (C=O) groups is 1. The van der Waals surface area contributed by atoms with Crippen molar-refractivity contribution >= 4 is 11.6 Å². The molecule has 2 aromatic rings. The number of amides is 1. The molecule has 1 heterocycles. The number of nitrogens with one attached hydrogen (secondary N) is 1. The smallest absolute Gasteiger partial charge is 0.321 e. The van der Waals surface area contributed by atoms with E-state index in [2.05, 4.69) is 22.2 Å². The quantitative estimate of drug-likeness (QED) is 0.700. The van der Waals surface area contributed by atoms with Gasteiger partial charge in [-0.1, -0.05) is 26.2 Å². The summed E-state index contributed by atoms with van der Waals surface area (Å²) in [6.45, 7) is 4.21. The van der Waals surface area contributed by atoms with Gasteiger partial charge >= 0.3 is 6.01 Å². The Morgan fingerprint density at radius 3 is 2.59 bits per heavy atom. The summed E-state index contributed by atoms with van der Waals surface area (Å²) in [5, 5.41) is 3.10. The van der Waals surface area contributed by atoms with Gasteiger partial charge in [0.15, 0.2) is 0 Å². The molecular weight excluding hydrogens is 338 g/mol. The van der Waals surface area contributed by atoms with Gasteiger partial charge in [0.1, 0.15) is 5.75 Å². The first-order valence-electron chi connectivity index (χ1n) is 10.0. The predicted molar refractivity (Wildman–Crippen MR) is 107 cm³/mol. The molecule has 144 valence electrons. The first kappa shape index (κ1) is 19.3. The normalized spacial score (nSPS) is 19.5. The Kier molecular flexibility index (Phi) is 6.80. The van der Waals surface area contributed by atoms with Crippen molar-refractivity contribution in [1.82, 2.24) is 9.97 Å². The van der Waals surface area contributed by atoms with E-state index in [1.54, 1.807) is 18.5 Å². The highest BCUT2D eigenvalue weighted by molar-refractivity contribution is 5.93. The number of ether oxygens (including phenoxy) is 1. The van der Waals surface area contributed by atoms with Crippen LogP contribution in [-0.4, -0.2) is 15.9 Å². The third kappa shape index (κ3) is 5.52. The highest BCUT2D eigenvalue weighted by atomic mass is 16.5. The van der Waals surface area contributed by atoms with Crippen LogP contribution in [0.3, 0.4) is 0 Å². The molecule has 0 atom stereocenters.